The van der Waals surface area contributed by atoms with Crippen LogP contribution in [0.3, 0.4) is 0 Å². The number of rotatable bonds is 4. The molecule has 0 spiro atoms. The minimum absolute atomic E-state index is 0.382. The molecular formula is C16H15BrCl2O2. The Morgan fingerprint density at radius 3 is 2.19 bits per heavy atom. The van der Waals surface area contributed by atoms with Gasteiger partial charge in [-0.2, -0.15) is 0 Å². The number of alkyl halides is 1. The molecule has 0 bridgehead atoms. The van der Waals surface area contributed by atoms with Gasteiger partial charge in [0.05, 0.1) is 19.6 Å². The fourth-order valence-corrected chi connectivity index (χ4v) is 3.52. The molecular weight excluding hydrogens is 375 g/mol. The van der Waals surface area contributed by atoms with Gasteiger partial charge in [0.1, 0.15) is 0 Å². The molecule has 2 nitrogen and oxygen atoms in total. The molecule has 0 amide bonds. The van der Waals surface area contributed by atoms with Gasteiger partial charge in [-0.25, -0.2) is 0 Å². The Kier molecular flexibility index (Phi) is 5.42. The van der Waals surface area contributed by atoms with Gasteiger partial charge in [0.2, 0.25) is 0 Å². The normalized spacial score (nSPS) is 12.1. The van der Waals surface area contributed by atoms with E-state index in [9.17, 15) is 0 Å². The van der Waals surface area contributed by atoms with E-state index < -0.39 is 0 Å². The molecule has 0 aliphatic heterocycles. The molecule has 21 heavy (non-hydrogen) atoms. The zero-order valence-corrected chi connectivity index (χ0v) is 15.0. The summed E-state index contributed by atoms with van der Waals surface area (Å²) < 4.78 is 11.4. The molecule has 2 aromatic carbocycles. The molecule has 0 saturated carbocycles. The average Bonchev–Trinajstić information content (AvgIpc) is 2.46. The highest BCUT2D eigenvalue weighted by Crippen LogP contribution is 2.42. The van der Waals surface area contributed by atoms with Crippen LogP contribution in [0.1, 0.15) is 22.1 Å². The highest BCUT2D eigenvalue weighted by Gasteiger charge is 2.20. The highest BCUT2D eigenvalue weighted by molar-refractivity contribution is 9.10. The van der Waals surface area contributed by atoms with Crippen molar-refractivity contribution in [2.24, 2.45) is 0 Å². The molecule has 0 heterocycles. The van der Waals surface area contributed by atoms with E-state index in [1.807, 2.05) is 37.3 Å². The second-order valence-corrected chi connectivity index (χ2v) is 6.31. The Balaban J connectivity index is 2.50. The number of ether oxygens (including phenoxy) is 2. The summed E-state index contributed by atoms with van der Waals surface area (Å²) in [6.07, 6.45) is 0. The van der Waals surface area contributed by atoms with Gasteiger partial charge < -0.3 is 9.47 Å². The molecule has 0 aliphatic rings. The number of benzene rings is 2. The summed E-state index contributed by atoms with van der Waals surface area (Å²) in [5, 5.41) is 0.268. The van der Waals surface area contributed by atoms with E-state index in [1.165, 1.54) is 0 Å². The molecule has 1 atom stereocenters. The number of hydrogen-bond acceptors (Lipinski definition) is 2. The van der Waals surface area contributed by atoms with E-state index in [0.717, 1.165) is 21.2 Å². The van der Waals surface area contributed by atoms with Crippen LogP contribution in [0, 0.1) is 6.92 Å². The van der Waals surface area contributed by atoms with Crippen LogP contribution in [0.15, 0.2) is 34.8 Å². The van der Waals surface area contributed by atoms with Gasteiger partial charge in [-0.3, -0.25) is 0 Å². The van der Waals surface area contributed by atoms with Crippen molar-refractivity contribution in [3.8, 4) is 11.5 Å². The first kappa shape index (κ1) is 16.5. The highest BCUT2D eigenvalue weighted by atomic mass is 79.9. The summed E-state index contributed by atoms with van der Waals surface area (Å²) in [5.74, 6) is 1.27. The quantitative estimate of drug-likeness (QED) is 0.619. The Morgan fingerprint density at radius 2 is 1.62 bits per heavy atom. The minimum atomic E-state index is -0.382. The lowest BCUT2D eigenvalue weighted by Gasteiger charge is -2.17. The lowest BCUT2D eigenvalue weighted by molar-refractivity contribution is 0.354. The van der Waals surface area contributed by atoms with Crippen molar-refractivity contribution in [1.82, 2.24) is 0 Å². The smallest absolute Gasteiger partial charge is 0.161 e. The molecule has 0 radical (unpaired) electrons. The van der Waals surface area contributed by atoms with E-state index in [1.54, 1.807) is 14.2 Å². The second kappa shape index (κ2) is 6.91. The SMILES string of the molecule is COc1cc(Br)c(C(Cl)c2ccc(C)cc2Cl)cc1OC. The van der Waals surface area contributed by atoms with Gasteiger partial charge in [-0.1, -0.05) is 39.7 Å². The zero-order chi connectivity index (χ0) is 15.6. The number of methoxy groups -OCH3 is 2. The molecule has 1 unspecified atom stereocenters. The number of aryl methyl sites for hydroxylation is 1. The maximum absolute atomic E-state index is 6.61. The number of halogens is 3. The van der Waals surface area contributed by atoms with E-state index >= 15 is 0 Å². The summed E-state index contributed by atoms with van der Waals surface area (Å²) >= 11 is 16.4. The van der Waals surface area contributed by atoms with Gasteiger partial charge >= 0.3 is 0 Å². The molecule has 2 rings (SSSR count). The molecule has 112 valence electrons. The Morgan fingerprint density at radius 1 is 1.00 bits per heavy atom. The van der Waals surface area contributed by atoms with Gasteiger partial charge in [0.15, 0.2) is 11.5 Å². The molecule has 5 heteroatoms. The predicted molar refractivity (Wildman–Crippen MR) is 91.1 cm³/mol. The van der Waals surface area contributed by atoms with Crippen molar-refractivity contribution in [2.75, 3.05) is 14.2 Å². The molecule has 0 saturated heterocycles. The summed E-state index contributed by atoms with van der Waals surface area (Å²) in [7, 11) is 3.19. The fraction of sp³-hybridized carbons (Fsp3) is 0.250. The first-order chi connectivity index (χ1) is 9.97. The number of hydrogen-bond donors (Lipinski definition) is 0. The first-order valence-corrected chi connectivity index (χ1v) is 7.90. The topological polar surface area (TPSA) is 18.5 Å². The van der Waals surface area contributed by atoms with E-state index in [2.05, 4.69) is 15.9 Å². The van der Waals surface area contributed by atoms with Gasteiger partial charge in [0.25, 0.3) is 0 Å². The molecule has 0 fully saturated rings. The lowest BCUT2D eigenvalue weighted by Crippen LogP contribution is -1.99. The first-order valence-electron chi connectivity index (χ1n) is 6.29. The zero-order valence-electron chi connectivity index (χ0n) is 11.9. The Hall–Kier alpha value is -0.900. The largest absolute Gasteiger partial charge is 0.493 e. The van der Waals surface area contributed by atoms with E-state index in [-0.39, 0.29) is 5.38 Å². The van der Waals surface area contributed by atoms with Crippen molar-refractivity contribution in [1.29, 1.82) is 0 Å². The third-order valence-electron chi connectivity index (χ3n) is 3.20. The van der Waals surface area contributed by atoms with Crippen molar-refractivity contribution < 1.29 is 9.47 Å². The van der Waals surface area contributed by atoms with Crippen LogP contribution >= 0.6 is 39.1 Å². The third kappa shape index (κ3) is 3.47. The molecule has 0 aliphatic carbocycles. The summed E-state index contributed by atoms with van der Waals surface area (Å²) in [6, 6.07) is 9.53. The predicted octanol–water partition coefficient (Wildman–Crippen LogP) is 5.76. The van der Waals surface area contributed by atoms with Crippen LogP contribution in [0.2, 0.25) is 5.02 Å². The van der Waals surface area contributed by atoms with E-state index in [0.29, 0.717) is 16.5 Å². The standard InChI is InChI=1S/C16H15BrCl2O2/c1-9-4-5-10(13(18)6-9)16(19)11-7-14(20-2)15(21-3)8-12(11)17/h4-8,16H,1-3H3. The summed E-state index contributed by atoms with van der Waals surface area (Å²) in [5.41, 5.74) is 2.83. The van der Waals surface area contributed by atoms with Crippen LogP contribution in [0.5, 0.6) is 11.5 Å². The Bertz CT molecular complexity index is 659. The van der Waals surface area contributed by atoms with Crippen LogP contribution in [0.25, 0.3) is 0 Å². The Labute approximate surface area is 143 Å². The third-order valence-corrected chi connectivity index (χ3v) is 4.69. The average molecular weight is 390 g/mol. The van der Waals surface area contributed by atoms with Crippen LogP contribution in [-0.4, -0.2) is 14.2 Å². The summed E-state index contributed by atoms with van der Waals surface area (Å²) in [6.45, 7) is 1.99. The molecule has 2 aromatic rings. The molecule has 0 aromatic heterocycles. The van der Waals surface area contributed by atoms with E-state index in [4.69, 9.17) is 32.7 Å². The van der Waals surface area contributed by atoms with Crippen LogP contribution in [-0.2, 0) is 0 Å². The summed E-state index contributed by atoms with van der Waals surface area (Å²) in [4.78, 5) is 0. The lowest BCUT2D eigenvalue weighted by atomic mass is 10.0. The van der Waals surface area contributed by atoms with Gasteiger partial charge in [-0.05, 0) is 41.8 Å². The van der Waals surface area contributed by atoms with Crippen molar-refractivity contribution in [3.63, 3.8) is 0 Å². The fourth-order valence-electron chi connectivity index (χ4n) is 2.07. The van der Waals surface area contributed by atoms with Crippen LogP contribution < -0.4 is 9.47 Å². The second-order valence-electron chi connectivity index (χ2n) is 4.62. The van der Waals surface area contributed by atoms with Gasteiger partial charge in [0, 0.05) is 9.50 Å². The maximum Gasteiger partial charge on any atom is 0.161 e. The maximum atomic E-state index is 6.61. The van der Waals surface area contributed by atoms with Crippen LogP contribution in [0.4, 0.5) is 0 Å². The monoisotopic (exact) mass is 388 g/mol. The minimum Gasteiger partial charge on any atom is -0.493 e. The van der Waals surface area contributed by atoms with Crippen molar-refractivity contribution in [3.05, 3.63) is 56.5 Å². The van der Waals surface area contributed by atoms with Crippen molar-refractivity contribution >= 4 is 39.1 Å². The van der Waals surface area contributed by atoms with Crippen molar-refractivity contribution in [2.45, 2.75) is 12.3 Å². The molecule has 0 N–H and O–H groups in total. The van der Waals surface area contributed by atoms with Gasteiger partial charge in [-0.15, -0.1) is 11.6 Å².